The molecule has 1 amide bonds. The molecule has 0 radical (unpaired) electrons. The number of rotatable bonds is 12. The zero-order valence-corrected chi connectivity index (χ0v) is 18.0. The van der Waals surface area contributed by atoms with Gasteiger partial charge in [-0.25, -0.2) is 8.42 Å². The number of hydrogen-bond donors (Lipinski definition) is 1. The average molecular weight is 419 g/mol. The molecule has 2 rings (SSSR count). The molecule has 7 heteroatoms. The van der Waals surface area contributed by atoms with Crippen LogP contribution in [0, 0.1) is 0 Å². The van der Waals surface area contributed by atoms with Crippen molar-refractivity contribution in [2.24, 2.45) is 0 Å². The van der Waals surface area contributed by atoms with E-state index in [4.69, 9.17) is 4.74 Å². The Bertz CT molecular complexity index is 852. The van der Waals surface area contributed by atoms with Crippen molar-refractivity contribution in [3.8, 4) is 5.75 Å². The summed E-state index contributed by atoms with van der Waals surface area (Å²) in [6.45, 7) is 2.67. The normalized spacial score (nSPS) is 11.4. The number of benzene rings is 2. The van der Waals surface area contributed by atoms with Gasteiger partial charge in [-0.3, -0.25) is 4.79 Å². The van der Waals surface area contributed by atoms with Gasteiger partial charge >= 0.3 is 0 Å². The highest BCUT2D eigenvalue weighted by Gasteiger charge is 2.26. The Balaban J connectivity index is 2.14. The van der Waals surface area contributed by atoms with Gasteiger partial charge in [0.2, 0.25) is 15.9 Å². The summed E-state index contributed by atoms with van der Waals surface area (Å²) in [5.74, 6) is 0.291. The summed E-state index contributed by atoms with van der Waals surface area (Å²) in [4.78, 5) is 12.5. The molecule has 0 aliphatic carbocycles. The molecule has 0 aliphatic rings. The predicted octanol–water partition coefficient (Wildman–Crippen LogP) is 3.24. The first-order valence-electron chi connectivity index (χ1n) is 9.92. The topological polar surface area (TPSA) is 75.7 Å². The first kappa shape index (κ1) is 22.9. The highest BCUT2D eigenvalue weighted by molar-refractivity contribution is 7.89. The Morgan fingerprint density at radius 1 is 1.03 bits per heavy atom. The quantitative estimate of drug-likeness (QED) is 0.537. The molecule has 2 aromatic carbocycles. The second-order valence-corrected chi connectivity index (χ2v) is 8.74. The smallest absolute Gasteiger partial charge is 0.243 e. The summed E-state index contributed by atoms with van der Waals surface area (Å²) in [6.07, 6.45) is 3.50. The van der Waals surface area contributed by atoms with Crippen LogP contribution in [0.2, 0.25) is 0 Å². The SMILES string of the molecule is CCCCCNC(=O)CN(CCc1ccccc1)S(=O)(=O)c1ccc(OC)cc1. The maximum Gasteiger partial charge on any atom is 0.243 e. The van der Waals surface area contributed by atoms with E-state index in [0.717, 1.165) is 24.8 Å². The zero-order chi connectivity index (χ0) is 21.1. The van der Waals surface area contributed by atoms with Gasteiger partial charge < -0.3 is 10.1 Å². The van der Waals surface area contributed by atoms with E-state index in [1.807, 2.05) is 30.3 Å². The lowest BCUT2D eigenvalue weighted by Gasteiger charge is -2.22. The van der Waals surface area contributed by atoms with Crippen molar-refractivity contribution in [2.75, 3.05) is 26.7 Å². The van der Waals surface area contributed by atoms with Gasteiger partial charge in [-0.15, -0.1) is 0 Å². The molecule has 0 fully saturated rings. The molecule has 0 heterocycles. The van der Waals surface area contributed by atoms with Crippen molar-refractivity contribution in [2.45, 2.75) is 37.5 Å². The van der Waals surface area contributed by atoms with Gasteiger partial charge in [0.15, 0.2) is 0 Å². The van der Waals surface area contributed by atoms with E-state index in [9.17, 15) is 13.2 Å². The summed E-state index contributed by atoms with van der Waals surface area (Å²) in [5.41, 5.74) is 1.02. The van der Waals surface area contributed by atoms with E-state index >= 15 is 0 Å². The maximum atomic E-state index is 13.2. The summed E-state index contributed by atoms with van der Waals surface area (Å²) in [5, 5.41) is 2.82. The average Bonchev–Trinajstić information content (AvgIpc) is 2.74. The third kappa shape index (κ3) is 7.18. The van der Waals surface area contributed by atoms with Crippen molar-refractivity contribution >= 4 is 15.9 Å². The van der Waals surface area contributed by atoms with Crippen molar-refractivity contribution in [1.29, 1.82) is 0 Å². The number of amides is 1. The van der Waals surface area contributed by atoms with Crippen molar-refractivity contribution < 1.29 is 17.9 Å². The molecule has 2 aromatic rings. The minimum Gasteiger partial charge on any atom is -0.497 e. The lowest BCUT2D eigenvalue weighted by atomic mass is 10.1. The van der Waals surface area contributed by atoms with Crippen LogP contribution in [0.4, 0.5) is 0 Å². The van der Waals surface area contributed by atoms with E-state index < -0.39 is 10.0 Å². The molecule has 0 aliphatic heterocycles. The van der Waals surface area contributed by atoms with Crippen LogP contribution in [-0.4, -0.2) is 45.4 Å². The molecule has 0 saturated heterocycles. The molecule has 1 N–H and O–H groups in total. The molecule has 0 spiro atoms. The number of hydrogen-bond acceptors (Lipinski definition) is 4. The van der Waals surface area contributed by atoms with Gasteiger partial charge in [-0.1, -0.05) is 50.1 Å². The number of nitrogens with one attached hydrogen (secondary N) is 1. The first-order valence-corrected chi connectivity index (χ1v) is 11.4. The van der Waals surface area contributed by atoms with E-state index in [-0.39, 0.29) is 23.9 Å². The standard InChI is InChI=1S/C22H30N2O4S/c1-3-4-8-16-23-22(25)18-24(17-15-19-9-6-5-7-10-19)29(26,27)21-13-11-20(28-2)12-14-21/h5-7,9-14H,3-4,8,15-18H2,1-2H3,(H,23,25). The molecular weight excluding hydrogens is 388 g/mol. The number of ether oxygens (including phenoxy) is 1. The van der Waals surface area contributed by atoms with E-state index in [0.29, 0.717) is 18.7 Å². The summed E-state index contributed by atoms with van der Waals surface area (Å²) < 4.78 is 32.7. The summed E-state index contributed by atoms with van der Waals surface area (Å²) in [7, 11) is -2.28. The van der Waals surface area contributed by atoms with Crippen LogP contribution >= 0.6 is 0 Å². The molecule has 158 valence electrons. The number of methoxy groups -OCH3 is 1. The summed E-state index contributed by atoms with van der Waals surface area (Å²) in [6, 6.07) is 15.9. The predicted molar refractivity (Wildman–Crippen MR) is 114 cm³/mol. The van der Waals surface area contributed by atoms with Crippen LogP contribution in [0.25, 0.3) is 0 Å². The van der Waals surface area contributed by atoms with E-state index in [1.54, 1.807) is 12.1 Å². The van der Waals surface area contributed by atoms with E-state index in [2.05, 4.69) is 12.2 Å². The van der Waals surface area contributed by atoms with Gasteiger partial charge in [-0.05, 0) is 42.7 Å². The molecule has 0 unspecified atom stereocenters. The Morgan fingerprint density at radius 2 is 1.72 bits per heavy atom. The lowest BCUT2D eigenvalue weighted by Crippen LogP contribution is -2.42. The molecular formula is C22H30N2O4S. The van der Waals surface area contributed by atoms with Crippen molar-refractivity contribution in [1.82, 2.24) is 9.62 Å². The number of unbranched alkanes of at least 4 members (excludes halogenated alkanes) is 2. The Labute approximate surface area is 173 Å². The number of sulfonamides is 1. The second-order valence-electron chi connectivity index (χ2n) is 6.81. The van der Waals surface area contributed by atoms with Crippen LogP contribution in [0.5, 0.6) is 5.75 Å². The fourth-order valence-corrected chi connectivity index (χ4v) is 4.30. The molecule has 0 saturated carbocycles. The number of carbonyl (C=O) groups excluding carboxylic acids is 1. The molecule has 6 nitrogen and oxygen atoms in total. The first-order chi connectivity index (χ1) is 14.0. The van der Waals surface area contributed by atoms with Gasteiger partial charge in [-0.2, -0.15) is 4.31 Å². The molecule has 0 bridgehead atoms. The minimum atomic E-state index is -3.81. The molecule has 0 aromatic heterocycles. The molecule has 0 atom stereocenters. The van der Waals surface area contributed by atoms with Gasteiger partial charge in [0.05, 0.1) is 18.6 Å². The van der Waals surface area contributed by atoms with Gasteiger partial charge in [0, 0.05) is 13.1 Å². The monoisotopic (exact) mass is 418 g/mol. The van der Waals surface area contributed by atoms with Crippen LogP contribution in [0.15, 0.2) is 59.5 Å². The largest absolute Gasteiger partial charge is 0.497 e. The van der Waals surface area contributed by atoms with Crippen molar-refractivity contribution in [3.05, 3.63) is 60.2 Å². The number of carbonyl (C=O) groups is 1. The van der Waals surface area contributed by atoms with Crippen LogP contribution in [-0.2, 0) is 21.2 Å². The Kier molecular flexibility index (Phi) is 9.15. The highest BCUT2D eigenvalue weighted by Crippen LogP contribution is 2.20. The maximum absolute atomic E-state index is 13.2. The molecule has 29 heavy (non-hydrogen) atoms. The third-order valence-electron chi connectivity index (χ3n) is 4.61. The van der Waals surface area contributed by atoms with Crippen molar-refractivity contribution in [3.63, 3.8) is 0 Å². The van der Waals surface area contributed by atoms with Crippen LogP contribution in [0.3, 0.4) is 0 Å². The fourth-order valence-electron chi connectivity index (χ4n) is 2.90. The Hall–Kier alpha value is -2.38. The van der Waals surface area contributed by atoms with Gasteiger partial charge in [0.1, 0.15) is 5.75 Å². The fraction of sp³-hybridized carbons (Fsp3) is 0.409. The second kappa shape index (κ2) is 11.6. The van der Waals surface area contributed by atoms with Crippen LogP contribution < -0.4 is 10.1 Å². The highest BCUT2D eigenvalue weighted by atomic mass is 32.2. The number of nitrogens with zero attached hydrogens (tertiary/aromatic N) is 1. The Morgan fingerprint density at radius 3 is 2.34 bits per heavy atom. The van der Waals surface area contributed by atoms with E-state index in [1.165, 1.54) is 23.5 Å². The third-order valence-corrected chi connectivity index (χ3v) is 6.47. The van der Waals surface area contributed by atoms with Gasteiger partial charge in [0.25, 0.3) is 0 Å². The zero-order valence-electron chi connectivity index (χ0n) is 17.1. The minimum absolute atomic E-state index is 0.144. The summed E-state index contributed by atoms with van der Waals surface area (Å²) >= 11 is 0. The lowest BCUT2D eigenvalue weighted by molar-refractivity contribution is -0.121. The van der Waals surface area contributed by atoms with Crippen LogP contribution in [0.1, 0.15) is 31.7 Å².